The maximum atomic E-state index is 12.1. The van der Waals surface area contributed by atoms with Gasteiger partial charge in [0.05, 0.1) is 10.9 Å². The molecule has 1 saturated carbocycles. The van der Waals surface area contributed by atoms with Gasteiger partial charge >= 0.3 is 0 Å². The van der Waals surface area contributed by atoms with E-state index in [-0.39, 0.29) is 5.91 Å². The highest BCUT2D eigenvalue weighted by Gasteiger charge is 2.32. The predicted molar refractivity (Wildman–Crippen MR) is 72.4 cm³/mol. The molecular weight excluding hydrogens is 244 g/mol. The Morgan fingerprint density at radius 1 is 1.28 bits per heavy atom. The van der Waals surface area contributed by atoms with Gasteiger partial charge in [0.15, 0.2) is 0 Å². The first-order chi connectivity index (χ1) is 8.76. The molecule has 0 aliphatic heterocycles. The van der Waals surface area contributed by atoms with Crippen molar-refractivity contribution >= 4 is 17.2 Å². The van der Waals surface area contributed by atoms with Crippen LogP contribution in [0.4, 0.5) is 0 Å². The van der Waals surface area contributed by atoms with Crippen molar-refractivity contribution in [3.8, 4) is 6.07 Å². The van der Waals surface area contributed by atoms with Gasteiger partial charge in [-0.25, -0.2) is 0 Å². The summed E-state index contributed by atoms with van der Waals surface area (Å²) < 4.78 is 0. The smallest absolute Gasteiger partial charge is 0.262 e. The van der Waals surface area contributed by atoms with Crippen LogP contribution in [0.2, 0.25) is 0 Å². The van der Waals surface area contributed by atoms with Crippen LogP contribution in [0, 0.1) is 11.3 Å². The number of nitrogens with one attached hydrogen (secondary N) is 1. The third-order valence-electron chi connectivity index (χ3n) is 3.52. The Balaban J connectivity index is 2.07. The molecule has 0 unspecified atom stereocenters. The van der Waals surface area contributed by atoms with Crippen LogP contribution in [-0.4, -0.2) is 11.4 Å². The number of hydrogen-bond acceptors (Lipinski definition) is 3. The lowest BCUT2D eigenvalue weighted by Crippen LogP contribution is -2.47. The van der Waals surface area contributed by atoms with Gasteiger partial charge in [-0.05, 0) is 24.3 Å². The summed E-state index contributed by atoms with van der Waals surface area (Å²) in [6, 6.07) is 6.01. The second-order valence-corrected chi connectivity index (χ2v) is 5.84. The van der Waals surface area contributed by atoms with Crippen LogP contribution in [-0.2, 0) is 0 Å². The van der Waals surface area contributed by atoms with Crippen molar-refractivity contribution in [3.05, 3.63) is 22.4 Å². The molecule has 3 nitrogen and oxygen atoms in total. The maximum absolute atomic E-state index is 12.1. The Bertz CT molecular complexity index is 425. The summed E-state index contributed by atoms with van der Waals surface area (Å²) in [6.07, 6.45) is 7.19. The number of carbonyl (C=O) groups is 1. The average Bonchev–Trinajstić information content (AvgIpc) is 2.86. The van der Waals surface area contributed by atoms with Gasteiger partial charge in [-0.2, -0.15) is 5.26 Å². The lowest BCUT2D eigenvalue weighted by atomic mass is 9.85. The minimum absolute atomic E-state index is 0.105. The molecule has 1 aliphatic rings. The molecule has 2 rings (SSSR count). The van der Waals surface area contributed by atoms with Crippen LogP contribution in [0.25, 0.3) is 0 Å². The second-order valence-electron chi connectivity index (χ2n) is 4.89. The van der Waals surface area contributed by atoms with Gasteiger partial charge in [-0.3, -0.25) is 4.79 Å². The molecule has 0 bridgehead atoms. The van der Waals surface area contributed by atoms with Crippen LogP contribution in [0.1, 0.15) is 54.6 Å². The van der Waals surface area contributed by atoms with Gasteiger partial charge in [-0.1, -0.05) is 38.2 Å². The Hall–Kier alpha value is -1.34. The largest absolute Gasteiger partial charge is 0.333 e. The normalized spacial score (nSPS) is 19.3. The van der Waals surface area contributed by atoms with E-state index in [1.165, 1.54) is 17.8 Å². The number of amides is 1. The summed E-state index contributed by atoms with van der Waals surface area (Å²) in [7, 11) is 0. The maximum Gasteiger partial charge on any atom is 0.262 e. The van der Waals surface area contributed by atoms with Crippen LogP contribution in [0.15, 0.2) is 17.5 Å². The van der Waals surface area contributed by atoms with Crippen molar-refractivity contribution in [2.24, 2.45) is 0 Å². The monoisotopic (exact) mass is 262 g/mol. The van der Waals surface area contributed by atoms with E-state index in [1.54, 1.807) is 6.07 Å². The lowest BCUT2D eigenvalue weighted by Gasteiger charge is -2.29. The molecule has 1 fully saturated rings. The van der Waals surface area contributed by atoms with Crippen LogP contribution >= 0.6 is 11.3 Å². The Morgan fingerprint density at radius 3 is 2.50 bits per heavy atom. The summed E-state index contributed by atoms with van der Waals surface area (Å²) >= 11 is 1.42. The first-order valence-corrected chi connectivity index (χ1v) is 7.41. The van der Waals surface area contributed by atoms with Gasteiger partial charge in [0.2, 0.25) is 0 Å². The Morgan fingerprint density at radius 2 is 1.94 bits per heavy atom. The third-order valence-corrected chi connectivity index (χ3v) is 4.39. The van der Waals surface area contributed by atoms with E-state index in [1.807, 2.05) is 11.4 Å². The van der Waals surface area contributed by atoms with E-state index in [0.717, 1.165) is 38.5 Å². The summed E-state index contributed by atoms with van der Waals surface area (Å²) in [5, 5.41) is 14.3. The van der Waals surface area contributed by atoms with E-state index >= 15 is 0 Å². The Labute approximate surface area is 112 Å². The number of rotatable bonds is 2. The molecular formula is C14H18N2OS. The molecule has 0 saturated heterocycles. The van der Waals surface area contributed by atoms with E-state index in [9.17, 15) is 10.1 Å². The topological polar surface area (TPSA) is 52.9 Å². The molecule has 18 heavy (non-hydrogen) atoms. The quantitative estimate of drug-likeness (QED) is 0.887. The zero-order chi connectivity index (χ0) is 12.8. The SMILES string of the molecule is N#CC1(NC(=O)c2cccs2)CCCCCCC1. The molecule has 0 radical (unpaired) electrons. The van der Waals surface area contributed by atoms with E-state index < -0.39 is 5.54 Å². The fraction of sp³-hybridized carbons (Fsp3) is 0.571. The highest BCUT2D eigenvalue weighted by Crippen LogP contribution is 2.26. The lowest BCUT2D eigenvalue weighted by molar-refractivity contribution is 0.0912. The molecule has 1 aliphatic carbocycles. The van der Waals surface area contributed by atoms with E-state index in [0.29, 0.717) is 4.88 Å². The van der Waals surface area contributed by atoms with Crippen molar-refractivity contribution in [2.75, 3.05) is 0 Å². The molecule has 0 atom stereocenters. The van der Waals surface area contributed by atoms with Gasteiger partial charge in [0.1, 0.15) is 5.54 Å². The fourth-order valence-electron chi connectivity index (χ4n) is 2.46. The highest BCUT2D eigenvalue weighted by atomic mass is 32.1. The summed E-state index contributed by atoms with van der Waals surface area (Å²) in [6.45, 7) is 0. The zero-order valence-corrected chi connectivity index (χ0v) is 11.3. The second kappa shape index (κ2) is 6.01. The number of thiophene rings is 1. The van der Waals surface area contributed by atoms with Gasteiger partial charge in [0.25, 0.3) is 5.91 Å². The Kier molecular flexibility index (Phi) is 4.38. The van der Waals surface area contributed by atoms with Crippen LogP contribution in [0.5, 0.6) is 0 Å². The van der Waals surface area contributed by atoms with Gasteiger partial charge in [-0.15, -0.1) is 11.3 Å². The molecule has 1 amide bonds. The fourth-order valence-corrected chi connectivity index (χ4v) is 3.08. The molecule has 1 aromatic rings. The minimum atomic E-state index is -0.651. The van der Waals surface area contributed by atoms with Crippen molar-refractivity contribution < 1.29 is 4.79 Å². The standard InChI is InChI=1S/C14H18N2OS/c15-11-14(8-4-2-1-3-5-9-14)16-13(17)12-7-6-10-18-12/h6-7,10H,1-5,8-9H2,(H,16,17). The van der Waals surface area contributed by atoms with E-state index in [2.05, 4.69) is 11.4 Å². The number of carbonyl (C=O) groups excluding carboxylic acids is 1. The highest BCUT2D eigenvalue weighted by molar-refractivity contribution is 7.12. The third kappa shape index (κ3) is 3.11. The van der Waals surface area contributed by atoms with Crippen molar-refractivity contribution in [3.63, 3.8) is 0 Å². The summed E-state index contributed by atoms with van der Waals surface area (Å²) in [4.78, 5) is 12.8. The van der Waals surface area contributed by atoms with E-state index in [4.69, 9.17) is 0 Å². The molecule has 4 heteroatoms. The van der Waals surface area contributed by atoms with Crippen molar-refractivity contribution in [1.29, 1.82) is 5.26 Å². The summed E-state index contributed by atoms with van der Waals surface area (Å²) in [5.74, 6) is -0.105. The van der Waals surface area contributed by atoms with Crippen molar-refractivity contribution in [1.82, 2.24) is 5.32 Å². The average molecular weight is 262 g/mol. The zero-order valence-electron chi connectivity index (χ0n) is 10.4. The van der Waals surface area contributed by atoms with Gasteiger partial charge < -0.3 is 5.32 Å². The molecule has 1 aromatic heterocycles. The predicted octanol–water partition coefficient (Wildman–Crippen LogP) is 3.48. The van der Waals surface area contributed by atoms with Crippen LogP contribution in [0.3, 0.4) is 0 Å². The molecule has 1 heterocycles. The first kappa shape index (κ1) is 13.1. The molecule has 0 spiro atoms. The van der Waals surface area contributed by atoms with Crippen LogP contribution < -0.4 is 5.32 Å². The summed E-state index contributed by atoms with van der Waals surface area (Å²) in [5.41, 5.74) is -0.651. The molecule has 1 N–H and O–H groups in total. The number of hydrogen-bond donors (Lipinski definition) is 1. The number of nitriles is 1. The minimum Gasteiger partial charge on any atom is -0.333 e. The molecule has 0 aromatic carbocycles. The first-order valence-electron chi connectivity index (χ1n) is 6.53. The molecule has 96 valence electrons. The van der Waals surface area contributed by atoms with Gasteiger partial charge in [0, 0.05) is 0 Å². The number of nitrogens with zero attached hydrogens (tertiary/aromatic N) is 1. The van der Waals surface area contributed by atoms with Crippen molar-refractivity contribution in [2.45, 2.75) is 50.5 Å².